The number of aromatic nitrogens is 1. The third kappa shape index (κ3) is 4.92. The van der Waals surface area contributed by atoms with Gasteiger partial charge in [-0.15, -0.1) is 0 Å². The molecule has 0 radical (unpaired) electrons. The van der Waals surface area contributed by atoms with E-state index in [-0.39, 0.29) is 24.4 Å². The van der Waals surface area contributed by atoms with Crippen LogP contribution in [0.25, 0.3) is 0 Å². The van der Waals surface area contributed by atoms with Crippen LogP contribution in [-0.2, 0) is 28.7 Å². The first kappa shape index (κ1) is 24.5. The molecule has 8 heteroatoms. The van der Waals surface area contributed by atoms with Crippen LogP contribution in [0.1, 0.15) is 69.7 Å². The standard InChI is InChI=1S/C25H36F3N3O2/c1-4-17-15-33-10-7-22(17)30-20-5-8-24(12-20,16(2)3)23(32)31-9-6-21-18(14-31)11-19(13-29-21)25(26,27)28/h11,13,16-17,20,22,30H,4-10,12,14-15H2,1-3H3/t17-,20+,22+,24-/m0/s1. The number of nitrogens with one attached hydrogen (secondary N) is 1. The van der Waals surface area contributed by atoms with E-state index in [0.29, 0.717) is 36.2 Å². The van der Waals surface area contributed by atoms with E-state index in [2.05, 4.69) is 31.1 Å². The van der Waals surface area contributed by atoms with Crippen molar-refractivity contribution in [3.8, 4) is 0 Å². The van der Waals surface area contributed by atoms with Crippen LogP contribution >= 0.6 is 0 Å². The number of carbonyl (C=O) groups excluding carboxylic acids is 1. The van der Waals surface area contributed by atoms with E-state index in [1.807, 2.05) is 0 Å². The molecule has 1 N–H and O–H groups in total. The van der Waals surface area contributed by atoms with Gasteiger partial charge in [0.25, 0.3) is 0 Å². The fraction of sp³-hybridized carbons (Fsp3) is 0.760. The number of halogens is 3. The molecule has 0 bridgehead atoms. The molecule has 4 atom stereocenters. The van der Waals surface area contributed by atoms with Gasteiger partial charge in [0.1, 0.15) is 0 Å². The van der Waals surface area contributed by atoms with Gasteiger partial charge in [-0.05, 0) is 55.6 Å². The van der Waals surface area contributed by atoms with E-state index in [1.165, 1.54) is 6.07 Å². The van der Waals surface area contributed by atoms with Gasteiger partial charge in [0, 0.05) is 50.1 Å². The first-order valence-corrected chi connectivity index (χ1v) is 12.3. The Morgan fingerprint density at radius 2 is 2.15 bits per heavy atom. The fourth-order valence-corrected chi connectivity index (χ4v) is 5.97. The summed E-state index contributed by atoms with van der Waals surface area (Å²) in [6.07, 6.45) is 1.57. The molecule has 1 aliphatic carbocycles. The Bertz CT molecular complexity index is 860. The molecule has 0 aromatic carbocycles. The maximum atomic E-state index is 13.8. The summed E-state index contributed by atoms with van der Waals surface area (Å²) in [6.45, 7) is 8.67. The molecule has 5 nitrogen and oxygen atoms in total. The molecule has 2 fully saturated rings. The first-order valence-electron chi connectivity index (χ1n) is 12.3. The number of carbonyl (C=O) groups is 1. The summed E-state index contributed by atoms with van der Waals surface area (Å²) in [5, 5.41) is 3.84. The third-order valence-corrected chi connectivity index (χ3v) is 8.18. The molecule has 3 heterocycles. The number of fused-ring (bicyclic) bond motifs is 1. The molecule has 0 spiro atoms. The second-order valence-electron chi connectivity index (χ2n) is 10.4. The van der Waals surface area contributed by atoms with Crippen molar-refractivity contribution >= 4 is 5.91 Å². The summed E-state index contributed by atoms with van der Waals surface area (Å²) in [5.41, 5.74) is -0.0381. The summed E-state index contributed by atoms with van der Waals surface area (Å²) < 4.78 is 45.2. The number of rotatable bonds is 5. The maximum absolute atomic E-state index is 13.8. The molecule has 2 aliphatic heterocycles. The lowest BCUT2D eigenvalue weighted by atomic mass is 9.74. The molecule has 1 saturated heterocycles. The van der Waals surface area contributed by atoms with E-state index in [1.54, 1.807) is 4.90 Å². The van der Waals surface area contributed by atoms with Crippen molar-refractivity contribution in [3.05, 3.63) is 29.1 Å². The Morgan fingerprint density at radius 1 is 1.36 bits per heavy atom. The molecule has 1 aromatic heterocycles. The lowest BCUT2D eigenvalue weighted by Gasteiger charge is -2.40. The van der Waals surface area contributed by atoms with E-state index in [9.17, 15) is 18.0 Å². The number of nitrogens with zero attached hydrogens (tertiary/aromatic N) is 2. The fourth-order valence-electron chi connectivity index (χ4n) is 5.97. The van der Waals surface area contributed by atoms with Crippen LogP contribution in [0.5, 0.6) is 0 Å². The molecule has 0 unspecified atom stereocenters. The predicted molar refractivity (Wildman–Crippen MR) is 119 cm³/mol. The molecular formula is C25H36F3N3O2. The minimum Gasteiger partial charge on any atom is -0.381 e. The first-order chi connectivity index (χ1) is 15.6. The van der Waals surface area contributed by atoms with Crippen LogP contribution in [0.15, 0.2) is 12.3 Å². The third-order valence-electron chi connectivity index (χ3n) is 8.18. The quantitative estimate of drug-likeness (QED) is 0.689. The Balaban J connectivity index is 1.48. The molecule has 33 heavy (non-hydrogen) atoms. The second-order valence-corrected chi connectivity index (χ2v) is 10.4. The van der Waals surface area contributed by atoms with Crippen LogP contribution in [-0.4, -0.2) is 47.6 Å². The van der Waals surface area contributed by atoms with Gasteiger partial charge < -0.3 is 15.0 Å². The van der Waals surface area contributed by atoms with Gasteiger partial charge >= 0.3 is 6.18 Å². The highest BCUT2D eigenvalue weighted by Gasteiger charge is 2.50. The van der Waals surface area contributed by atoms with Gasteiger partial charge in [0.15, 0.2) is 0 Å². The Hall–Kier alpha value is -1.67. The Labute approximate surface area is 194 Å². The zero-order valence-corrected chi connectivity index (χ0v) is 19.9. The molecule has 184 valence electrons. The molecule has 1 amide bonds. The maximum Gasteiger partial charge on any atom is 0.417 e. The molecule has 3 aliphatic rings. The van der Waals surface area contributed by atoms with Gasteiger partial charge in [0.05, 0.1) is 17.6 Å². The lowest BCUT2D eigenvalue weighted by Crippen LogP contribution is -2.50. The monoisotopic (exact) mass is 467 g/mol. The predicted octanol–water partition coefficient (Wildman–Crippen LogP) is 4.58. The van der Waals surface area contributed by atoms with Crippen molar-refractivity contribution < 1.29 is 22.7 Å². The second kappa shape index (κ2) is 9.53. The van der Waals surface area contributed by atoms with Crippen molar-refractivity contribution in [1.29, 1.82) is 0 Å². The minimum absolute atomic E-state index is 0.0869. The summed E-state index contributed by atoms with van der Waals surface area (Å²) in [7, 11) is 0. The van der Waals surface area contributed by atoms with Gasteiger partial charge in [0.2, 0.25) is 5.91 Å². The molecule has 1 saturated carbocycles. The number of amides is 1. The average Bonchev–Trinajstić information content (AvgIpc) is 3.23. The molecule has 4 rings (SSSR count). The van der Waals surface area contributed by atoms with Gasteiger partial charge in [-0.25, -0.2) is 0 Å². The van der Waals surface area contributed by atoms with E-state index in [0.717, 1.165) is 51.5 Å². The van der Waals surface area contributed by atoms with E-state index >= 15 is 0 Å². The van der Waals surface area contributed by atoms with Crippen molar-refractivity contribution in [2.75, 3.05) is 19.8 Å². The number of hydrogen-bond donors (Lipinski definition) is 1. The van der Waals surface area contributed by atoms with Gasteiger partial charge in [-0.1, -0.05) is 20.8 Å². The number of hydrogen-bond acceptors (Lipinski definition) is 4. The summed E-state index contributed by atoms with van der Waals surface area (Å²) in [4.78, 5) is 19.7. The summed E-state index contributed by atoms with van der Waals surface area (Å²) in [5.74, 6) is 0.746. The highest BCUT2D eigenvalue weighted by Crippen LogP contribution is 2.47. The smallest absolute Gasteiger partial charge is 0.381 e. The Morgan fingerprint density at radius 3 is 2.85 bits per heavy atom. The van der Waals surface area contributed by atoms with Crippen molar-refractivity contribution in [1.82, 2.24) is 15.2 Å². The summed E-state index contributed by atoms with van der Waals surface area (Å²) in [6, 6.07) is 1.86. The van der Waals surface area contributed by atoms with Crippen LogP contribution in [0.4, 0.5) is 13.2 Å². The zero-order chi connectivity index (χ0) is 23.8. The van der Waals surface area contributed by atoms with E-state index < -0.39 is 17.2 Å². The van der Waals surface area contributed by atoms with Crippen molar-refractivity contribution in [3.63, 3.8) is 0 Å². The lowest BCUT2D eigenvalue weighted by molar-refractivity contribution is -0.146. The topological polar surface area (TPSA) is 54.5 Å². The highest BCUT2D eigenvalue weighted by atomic mass is 19.4. The average molecular weight is 468 g/mol. The van der Waals surface area contributed by atoms with E-state index in [4.69, 9.17) is 4.74 Å². The van der Waals surface area contributed by atoms with Crippen LogP contribution in [0.2, 0.25) is 0 Å². The number of alkyl halides is 3. The SMILES string of the molecule is CC[C@H]1COCC[C@H]1N[C@@H]1CC[C@@](C(=O)N2CCc3ncc(C(F)(F)F)cc3C2)(C(C)C)C1. The molecular weight excluding hydrogens is 431 g/mol. The zero-order valence-electron chi connectivity index (χ0n) is 19.9. The van der Waals surface area contributed by atoms with Crippen LogP contribution < -0.4 is 5.32 Å². The highest BCUT2D eigenvalue weighted by molar-refractivity contribution is 5.83. The normalized spacial score (nSPS) is 30.5. The molecule has 1 aromatic rings. The van der Waals surface area contributed by atoms with Crippen LogP contribution in [0, 0.1) is 17.3 Å². The van der Waals surface area contributed by atoms with Gasteiger partial charge in [-0.3, -0.25) is 9.78 Å². The van der Waals surface area contributed by atoms with Gasteiger partial charge in [-0.2, -0.15) is 13.2 Å². The summed E-state index contributed by atoms with van der Waals surface area (Å²) >= 11 is 0. The number of pyridine rings is 1. The number of ether oxygens (including phenoxy) is 1. The van der Waals surface area contributed by atoms with Crippen molar-refractivity contribution in [2.45, 2.75) is 84.1 Å². The largest absolute Gasteiger partial charge is 0.417 e. The minimum atomic E-state index is -4.43. The van der Waals surface area contributed by atoms with Crippen LogP contribution in [0.3, 0.4) is 0 Å². The van der Waals surface area contributed by atoms with Crippen molar-refractivity contribution in [2.24, 2.45) is 17.3 Å². The Kier molecular flexibility index (Phi) is 7.06.